The number of pyridine rings is 1. The highest BCUT2D eigenvalue weighted by molar-refractivity contribution is 6.20. The largest absolute Gasteiger partial charge is 0.372 e. The Balaban J connectivity index is 1.68. The lowest BCUT2D eigenvalue weighted by Crippen LogP contribution is -2.75. The summed E-state index contributed by atoms with van der Waals surface area (Å²) in [5.74, 6) is -0.486. The highest BCUT2D eigenvalue weighted by Gasteiger charge is 2.63. The molecule has 0 aliphatic carbocycles. The van der Waals surface area contributed by atoms with Crippen LogP contribution in [-0.2, 0) is 27.8 Å². The number of aromatic nitrogens is 3. The van der Waals surface area contributed by atoms with Crippen LogP contribution in [0.3, 0.4) is 0 Å². The van der Waals surface area contributed by atoms with Gasteiger partial charge in [-0.25, -0.2) is 14.8 Å². The van der Waals surface area contributed by atoms with Crippen molar-refractivity contribution in [3.63, 3.8) is 0 Å². The summed E-state index contributed by atoms with van der Waals surface area (Å²) in [4.78, 5) is 49.1. The van der Waals surface area contributed by atoms with Crippen LogP contribution in [0.1, 0.15) is 19.4 Å². The van der Waals surface area contributed by atoms with Crippen molar-refractivity contribution in [3.05, 3.63) is 30.4 Å². The minimum atomic E-state index is -1.50. The molecule has 4 amide bonds. The van der Waals surface area contributed by atoms with Crippen LogP contribution < -0.4 is 15.5 Å². The van der Waals surface area contributed by atoms with Crippen LogP contribution in [-0.4, -0.2) is 57.2 Å². The molecule has 10 nitrogen and oxygen atoms in total. The molecule has 2 aromatic heterocycles. The number of hydrogen-bond acceptors (Lipinski definition) is 7. The molecule has 0 aromatic carbocycles. The van der Waals surface area contributed by atoms with Gasteiger partial charge in [-0.3, -0.25) is 20.2 Å². The average molecular weight is 410 g/mol. The van der Waals surface area contributed by atoms with Gasteiger partial charge >= 0.3 is 6.03 Å². The van der Waals surface area contributed by atoms with E-state index in [1.807, 2.05) is 42.6 Å². The van der Waals surface area contributed by atoms with Crippen molar-refractivity contribution in [1.82, 2.24) is 25.2 Å². The summed E-state index contributed by atoms with van der Waals surface area (Å²) in [5, 5.41) is 4.57. The SMILES string of the molecule is C[C@@H]1CN2c3ncc(-c4cn(C)cn4)cc3CC3(C(=O)NC(=O)NC3=O)[C@H]2[C@H](C)O1. The van der Waals surface area contributed by atoms with Crippen LogP contribution in [0.25, 0.3) is 11.3 Å². The molecule has 2 aromatic rings. The van der Waals surface area contributed by atoms with Gasteiger partial charge in [-0.05, 0) is 25.5 Å². The van der Waals surface area contributed by atoms with Gasteiger partial charge in [0.25, 0.3) is 0 Å². The topological polar surface area (TPSA) is 118 Å². The summed E-state index contributed by atoms with van der Waals surface area (Å²) >= 11 is 0. The van der Waals surface area contributed by atoms with E-state index in [0.717, 1.165) is 22.6 Å². The fourth-order valence-electron chi connectivity index (χ4n) is 5.00. The van der Waals surface area contributed by atoms with Crippen molar-refractivity contribution < 1.29 is 19.1 Å². The van der Waals surface area contributed by atoms with Gasteiger partial charge in [0.15, 0.2) is 5.41 Å². The predicted octanol–water partition coefficient (Wildman–Crippen LogP) is 0.373. The molecule has 3 aliphatic heterocycles. The number of barbiturate groups is 1. The first-order valence-corrected chi connectivity index (χ1v) is 9.86. The van der Waals surface area contributed by atoms with Gasteiger partial charge in [-0.1, -0.05) is 0 Å². The Hall–Kier alpha value is -3.27. The Kier molecular flexibility index (Phi) is 3.97. The molecular formula is C20H22N6O4. The van der Waals surface area contributed by atoms with Crippen LogP contribution in [0.2, 0.25) is 0 Å². The molecule has 0 unspecified atom stereocenters. The molecule has 2 N–H and O–H groups in total. The quantitative estimate of drug-likeness (QED) is 0.652. The fourth-order valence-corrected chi connectivity index (χ4v) is 5.00. The third-order valence-electron chi connectivity index (χ3n) is 6.14. The van der Waals surface area contributed by atoms with Gasteiger partial charge in [0.2, 0.25) is 11.8 Å². The van der Waals surface area contributed by atoms with E-state index < -0.39 is 35.4 Å². The molecular weight excluding hydrogens is 388 g/mol. The number of morpholine rings is 1. The number of rotatable bonds is 1. The number of imide groups is 2. The second-order valence-corrected chi connectivity index (χ2v) is 8.27. The summed E-state index contributed by atoms with van der Waals surface area (Å²) in [7, 11) is 1.88. The number of anilines is 1. The van der Waals surface area contributed by atoms with E-state index in [1.54, 1.807) is 12.5 Å². The Bertz CT molecular complexity index is 1060. The molecule has 5 rings (SSSR count). The Morgan fingerprint density at radius 1 is 1.17 bits per heavy atom. The summed E-state index contributed by atoms with van der Waals surface area (Å²) < 4.78 is 7.83. The zero-order chi connectivity index (χ0) is 21.2. The van der Waals surface area contributed by atoms with E-state index in [4.69, 9.17) is 9.72 Å². The Morgan fingerprint density at radius 3 is 2.57 bits per heavy atom. The highest BCUT2D eigenvalue weighted by atomic mass is 16.5. The molecule has 3 aliphatic rings. The van der Waals surface area contributed by atoms with Crippen molar-refractivity contribution in [3.8, 4) is 11.3 Å². The third-order valence-corrected chi connectivity index (χ3v) is 6.14. The van der Waals surface area contributed by atoms with E-state index in [0.29, 0.717) is 6.54 Å². The van der Waals surface area contributed by atoms with Crippen molar-refractivity contribution >= 4 is 23.7 Å². The zero-order valence-electron chi connectivity index (χ0n) is 16.9. The molecule has 0 bridgehead atoms. The van der Waals surface area contributed by atoms with Gasteiger partial charge in [0, 0.05) is 38.0 Å². The summed E-state index contributed by atoms with van der Waals surface area (Å²) in [5.41, 5.74) is 0.811. The van der Waals surface area contributed by atoms with Gasteiger partial charge in [-0.15, -0.1) is 0 Å². The number of nitrogens with one attached hydrogen (secondary N) is 2. The zero-order valence-corrected chi connectivity index (χ0v) is 16.9. The lowest BCUT2D eigenvalue weighted by molar-refractivity contribution is -0.153. The number of aryl methyl sites for hydroxylation is 1. The standard InChI is InChI=1S/C20H22N6O4/c1-10-7-26-15(11(2)30-10)20(17(27)23-19(29)24-18(20)28)5-12-4-13(6-21-16(12)26)14-8-25(3)9-22-14/h4,6,8-11,15H,5,7H2,1-3H3,(H2,23,24,27,28,29)/t10-,11+,15-/m1/s1. The van der Waals surface area contributed by atoms with Crippen LogP contribution >= 0.6 is 0 Å². The molecule has 1 spiro atoms. The van der Waals surface area contributed by atoms with Gasteiger partial charge < -0.3 is 14.2 Å². The molecule has 10 heteroatoms. The first-order valence-electron chi connectivity index (χ1n) is 9.86. The molecule has 0 saturated carbocycles. The first kappa shape index (κ1) is 18.7. The van der Waals surface area contributed by atoms with Crippen LogP contribution in [0.4, 0.5) is 10.6 Å². The molecule has 2 saturated heterocycles. The molecule has 3 atom stereocenters. The van der Waals surface area contributed by atoms with Crippen molar-refractivity contribution in [1.29, 1.82) is 0 Å². The number of urea groups is 1. The summed E-state index contributed by atoms with van der Waals surface area (Å²) in [6.07, 6.45) is 4.93. The Labute approximate surface area is 172 Å². The van der Waals surface area contributed by atoms with Crippen molar-refractivity contribution in [2.24, 2.45) is 12.5 Å². The second kappa shape index (κ2) is 6.36. The number of fused-ring (bicyclic) bond motifs is 4. The van der Waals surface area contributed by atoms with E-state index in [2.05, 4.69) is 15.6 Å². The second-order valence-electron chi connectivity index (χ2n) is 8.27. The number of amides is 4. The van der Waals surface area contributed by atoms with Gasteiger partial charge in [0.1, 0.15) is 5.82 Å². The molecule has 30 heavy (non-hydrogen) atoms. The van der Waals surface area contributed by atoms with E-state index in [-0.39, 0.29) is 12.5 Å². The first-order chi connectivity index (χ1) is 14.3. The Morgan fingerprint density at radius 2 is 1.90 bits per heavy atom. The number of carbonyl (C=O) groups excluding carboxylic acids is 3. The van der Waals surface area contributed by atoms with E-state index in [9.17, 15) is 14.4 Å². The van der Waals surface area contributed by atoms with Gasteiger partial charge in [0.05, 0.1) is 30.3 Å². The number of imidazole rings is 1. The molecule has 156 valence electrons. The van der Waals surface area contributed by atoms with Crippen LogP contribution in [0.15, 0.2) is 24.8 Å². The number of carbonyl (C=O) groups is 3. The maximum atomic E-state index is 13.1. The van der Waals surface area contributed by atoms with Crippen LogP contribution in [0, 0.1) is 5.41 Å². The molecule has 2 fully saturated rings. The van der Waals surface area contributed by atoms with E-state index in [1.165, 1.54) is 0 Å². The van der Waals surface area contributed by atoms with Crippen LogP contribution in [0.5, 0.6) is 0 Å². The normalized spacial score (nSPS) is 27.4. The maximum absolute atomic E-state index is 13.1. The summed E-state index contributed by atoms with van der Waals surface area (Å²) in [6.45, 7) is 4.27. The van der Waals surface area contributed by atoms with Crippen molar-refractivity contribution in [2.45, 2.75) is 38.5 Å². The molecule has 5 heterocycles. The highest BCUT2D eigenvalue weighted by Crippen LogP contribution is 2.46. The lowest BCUT2D eigenvalue weighted by Gasteiger charge is -2.54. The summed E-state index contributed by atoms with van der Waals surface area (Å²) in [6, 6.07) is 0.540. The maximum Gasteiger partial charge on any atom is 0.328 e. The smallest absolute Gasteiger partial charge is 0.328 e. The molecule has 0 radical (unpaired) electrons. The lowest BCUT2D eigenvalue weighted by atomic mass is 9.67. The predicted molar refractivity (Wildman–Crippen MR) is 105 cm³/mol. The third kappa shape index (κ3) is 2.56. The average Bonchev–Trinajstić information content (AvgIpc) is 3.11. The monoisotopic (exact) mass is 410 g/mol. The minimum absolute atomic E-state index is 0.104. The fraction of sp³-hybridized carbons (Fsp3) is 0.450. The number of nitrogens with zero attached hydrogens (tertiary/aromatic N) is 4. The minimum Gasteiger partial charge on any atom is -0.372 e. The van der Waals surface area contributed by atoms with E-state index >= 15 is 0 Å². The van der Waals surface area contributed by atoms with Crippen molar-refractivity contribution in [2.75, 3.05) is 11.4 Å². The number of ether oxygens (including phenoxy) is 1. The van der Waals surface area contributed by atoms with Gasteiger partial charge in [-0.2, -0.15) is 0 Å². The number of hydrogen-bond donors (Lipinski definition) is 2.